The van der Waals surface area contributed by atoms with Crippen LogP contribution in [0.5, 0.6) is 0 Å². The summed E-state index contributed by atoms with van der Waals surface area (Å²) in [5, 5.41) is 0.862. The molecule has 0 fully saturated rings. The zero-order chi connectivity index (χ0) is 11.7. The monoisotopic (exact) mass is 223 g/mol. The van der Waals surface area contributed by atoms with Crippen molar-refractivity contribution in [3.8, 4) is 11.1 Å². The van der Waals surface area contributed by atoms with Gasteiger partial charge in [0.1, 0.15) is 0 Å². The SMILES string of the molecule is Nc1ncc2cc(-c3cccnc3)cnc2n1. The van der Waals surface area contributed by atoms with Crippen molar-refractivity contribution in [3.63, 3.8) is 0 Å². The second-order valence-corrected chi connectivity index (χ2v) is 3.61. The highest BCUT2D eigenvalue weighted by Gasteiger charge is 2.02. The van der Waals surface area contributed by atoms with Crippen LogP contribution in [0.25, 0.3) is 22.2 Å². The first kappa shape index (κ1) is 9.65. The van der Waals surface area contributed by atoms with E-state index in [1.807, 2.05) is 18.2 Å². The van der Waals surface area contributed by atoms with E-state index in [1.54, 1.807) is 24.8 Å². The quantitative estimate of drug-likeness (QED) is 0.679. The normalized spacial score (nSPS) is 10.6. The molecule has 0 aliphatic carbocycles. The number of anilines is 1. The number of nitrogen functional groups attached to an aromatic ring is 1. The standard InChI is InChI=1S/C12H9N5/c13-12-16-7-10-4-9(6-15-11(10)17-12)8-2-1-3-14-5-8/h1-7H,(H2,13,15,16,17). The minimum Gasteiger partial charge on any atom is -0.368 e. The maximum atomic E-state index is 5.50. The fourth-order valence-electron chi connectivity index (χ4n) is 1.63. The summed E-state index contributed by atoms with van der Waals surface area (Å²) in [7, 11) is 0. The van der Waals surface area contributed by atoms with Crippen LogP contribution < -0.4 is 5.73 Å². The number of nitrogens with zero attached hydrogens (tertiary/aromatic N) is 4. The van der Waals surface area contributed by atoms with Gasteiger partial charge in [-0.3, -0.25) is 4.98 Å². The van der Waals surface area contributed by atoms with Gasteiger partial charge in [0.2, 0.25) is 5.95 Å². The Morgan fingerprint density at radius 2 is 1.94 bits per heavy atom. The molecule has 3 rings (SSSR count). The number of fused-ring (bicyclic) bond motifs is 1. The van der Waals surface area contributed by atoms with Crippen LogP contribution >= 0.6 is 0 Å². The molecule has 0 aliphatic heterocycles. The van der Waals surface area contributed by atoms with E-state index in [9.17, 15) is 0 Å². The zero-order valence-electron chi connectivity index (χ0n) is 8.91. The molecular weight excluding hydrogens is 214 g/mol. The second kappa shape index (κ2) is 3.79. The van der Waals surface area contributed by atoms with Crippen LogP contribution in [0.15, 0.2) is 43.0 Å². The Labute approximate surface area is 97.4 Å². The third-order valence-electron chi connectivity index (χ3n) is 2.45. The lowest BCUT2D eigenvalue weighted by Gasteiger charge is -2.02. The van der Waals surface area contributed by atoms with Crippen LogP contribution in [0.3, 0.4) is 0 Å². The van der Waals surface area contributed by atoms with E-state index in [2.05, 4.69) is 19.9 Å². The van der Waals surface area contributed by atoms with Crippen molar-refractivity contribution in [1.82, 2.24) is 19.9 Å². The second-order valence-electron chi connectivity index (χ2n) is 3.61. The van der Waals surface area contributed by atoms with Gasteiger partial charge in [0.15, 0.2) is 5.65 Å². The van der Waals surface area contributed by atoms with Crippen molar-refractivity contribution in [2.45, 2.75) is 0 Å². The van der Waals surface area contributed by atoms with Crippen LogP contribution in [0.1, 0.15) is 0 Å². The molecule has 3 heterocycles. The Morgan fingerprint density at radius 3 is 2.76 bits per heavy atom. The van der Waals surface area contributed by atoms with Gasteiger partial charge in [-0.25, -0.2) is 9.97 Å². The number of nitrogens with two attached hydrogens (primary N) is 1. The van der Waals surface area contributed by atoms with Crippen molar-refractivity contribution in [3.05, 3.63) is 43.0 Å². The molecule has 0 saturated carbocycles. The van der Waals surface area contributed by atoms with Crippen molar-refractivity contribution in [2.75, 3.05) is 5.73 Å². The number of pyridine rings is 2. The number of hydrogen-bond acceptors (Lipinski definition) is 5. The molecule has 2 N–H and O–H groups in total. The smallest absolute Gasteiger partial charge is 0.222 e. The lowest BCUT2D eigenvalue weighted by Crippen LogP contribution is -1.95. The van der Waals surface area contributed by atoms with Crippen molar-refractivity contribution < 1.29 is 0 Å². The van der Waals surface area contributed by atoms with Crippen molar-refractivity contribution in [2.24, 2.45) is 0 Å². The summed E-state index contributed by atoms with van der Waals surface area (Å²) in [4.78, 5) is 16.3. The molecule has 82 valence electrons. The average molecular weight is 223 g/mol. The molecule has 0 saturated heterocycles. The summed E-state index contributed by atoms with van der Waals surface area (Å²) in [5.74, 6) is 0.235. The van der Waals surface area contributed by atoms with E-state index < -0.39 is 0 Å². The summed E-state index contributed by atoms with van der Waals surface area (Å²) >= 11 is 0. The van der Waals surface area contributed by atoms with Crippen LogP contribution in [-0.2, 0) is 0 Å². The highest BCUT2D eigenvalue weighted by molar-refractivity contribution is 5.80. The van der Waals surface area contributed by atoms with Gasteiger partial charge in [0.25, 0.3) is 0 Å². The van der Waals surface area contributed by atoms with Crippen LogP contribution in [-0.4, -0.2) is 19.9 Å². The highest BCUT2D eigenvalue weighted by atomic mass is 15.0. The Kier molecular flexibility index (Phi) is 2.15. The predicted molar refractivity (Wildman–Crippen MR) is 65.0 cm³/mol. The van der Waals surface area contributed by atoms with E-state index in [0.29, 0.717) is 5.65 Å². The maximum Gasteiger partial charge on any atom is 0.222 e. The molecule has 0 unspecified atom stereocenters. The van der Waals surface area contributed by atoms with E-state index in [0.717, 1.165) is 16.5 Å². The molecule has 3 aromatic heterocycles. The topological polar surface area (TPSA) is 77.6 Å². The van der Waals surface area contributed by atoms with Gasteiger partial charge in [-0.05, 0) is 12.1 Å². The molecule has 0 aliphatic rings. The molecule has 0 amide bonds. The van der Waals surface area contributed by atoms with Gasteiger partial charge in [-0.1, -0.05) is 6.07 Å². The van der Waals surface area contributed by atoms with Gasteiger partial charge in [-0.15, -0.1) is 0 Å². The number of hydrogen-bond donors (Lipinski definition) is 1. The number of aromatic nitrogens is 4. The van der Waals surface area contributed by atoms with E-state index in [-0.39, 0.29) is 5.95 Å². The van der Waals surface area contributed by atoms with Crippen LogP contribution in [0, 0.1) is 0 Å². The van der Waals surface area contributed by atoms with E-state index in [1.165, 1.54) is 0 Å². The lowest BCUT2D eigenvalue weighted by atomic mass is 10.1. The molecule has 3 aromatic rings. The minimum absolute atomic E-state index is 0.235. The molecule has 0 radical (unpaired) electrons. The Bertz CT molecular complexity index is 666. The van der Waals surface area contributed by atoms with E-state index >= 15 is 0 Å². The van der Waals surface area contributed by atoms with E-state index in [4.69, 9.17) is 5.73 Å². The number of rotatable bonds is 1. The third-order valence-corrected chi connectivity index (χ3v) is 2.45. The zero-order valence-corrected chi connectivity index (χ0v) is 8.91. The van der Waals surface area contributed by atoms with Crippen molar-refractivity contribution >= 4 is 17.0 Å². The first-order chi connectivity index (χ1) is 8.33. The lowest BCUT2D eigenvalue weighted by molar-refractivity contribution is 1.20. The van der Waals surface area contributed by atoms with Gasteiger partial charge in [-0.2, -0.15) is 4.98 Å². The molecule has 0 aromatic carbocycles. The summed E-state index contributed by atoms with van der Waals surface area (Å²) in [6.07, 6.45) is 6.96. The minimum atomic E-state index is 0.235. The third kappa shape index (κ3) is 1.78. The Morgan fingerprint density at radius 1 is 1.00 bits per heavy atom. The van der Waals surface area contributed by atoms with Gasteiger partial charge >= 0.3 is 0 Å². The molecule has 0 bridgehead atoms. The summed E-state index contributed by atoms with van der Waals surface area (Å²) in [6.45, 7) is 0. The molecule has 5 nitrogen and oxygen atoms in total. The van der Waals surface area contributed by atoms with Gasteiger partial charge < -0.3 is 5.73 Å². The molecule has 5 heteroatoms. The summed E-state index contributed by atoms with van der Waals surface area (Å²) in [6, 6.07) is 5.84. The highest BCUT2D eigenvalue weighted by Crippen LogP contribution is 2.20. The summed E-state index contributed by atoms with van der Waals surface area (Å²) in [5.41, 5.74) is 8.10. The molecule has 17 heavy (non-hydrogen) atoms. The molecular formula is C12H9N5. The Balaban J connectivity index is 2.17. The predicted octanol–water partition coefficient (Wildman–Crippen LogP) is 1.67. The van der Waals surface area contributed by atoms with Crippen molar-refractivity contribution in [1.29, 1.82) is 0 Å². The largest absolute Gasteiger partial charge is 0.368 e. The maximum absolute atomic E-state index is 5.50. The first-order valence-corrected chi connectivity index (χ1v) is 5.11. The fourth-order valence-corrected chi connectivity index (χ4v) is 1.63. The molecule has 0 spiro atoms. The van der Waals surface area contributed by atoms with Crippen LogP contribution in [0.4, 0.5) is 5.95 Å². The molecule has 0 atom stereocenters. The Hall–Kier alpha value is -2.56. The fraction of sp³-hybridized carbons (Fsp3) is 0. The van der Waals surface area contributed by atoms with Gasteiger partial charge in [0.05, 0.1) is 0 Å². The summed E-state index contributed by atoms with van der Waals surface area (Å²) < 4.78 is 0. The van der Waals surface area contributed by atoms with Gasteiger partial charge in [0, 0.05) is 41.3 Å². The average Bonchev–Trinajstić information content (AvgIpc) is 2.39. The first-order valence-electron chi connectivity index (χ1n) is 5.11. The van der Waals surface area contributed by atoms with Crippen LogP contribution in [0.2, 0.25) is 0 Å².